The van der Waals surface area contributed by atoms with Crippen LogP contribution >= 0.6 is 23.2 Å². The number of carbonyl (C=O) groups excluding carboxylic acids is 1. The fourth-order valence-electron chi connectivity index (χ4n) is 4.60. The number of aromatic hydroxyl groups is 1. The van der Waals surface area contributed by atoms with E-state index in [1.165, 1.54) is 17.7 Å². The topological polar surface area (TPSA) is 151 Å². The lowest BCUT2D eigenvalue weighted by Gasteiger charge is -2.34. The molecule has 0 spiro atoms. The number of halogens is 5. The number of aliphatic hydroxyl groups is 1. The third-order valence-electron chi connectivity index (χ3n) is 6.55. The Morgan fingerprint density at radius 3 is 2.23 bits per heavy atom. The first-order valence-corrected chi connectivity index (χ1v) is 13.0. The van der Waals surface area contributed by atoms with E-state index in [9.17, 15) is 28.2 Å². The summed E-state index contributed by atoms with van der Waals surface area (Å²) in [5.74, 6) is -2.85. The number of aliphatic carboxylic acids is 1. The highest BCUT2D eigenvalue weighted by Gasteiger charge is 2.38. The van der Waals surface area contributed by atoms with E-state index in [4.69, 9.17) is 38.8 Å². The number of hydrogen-bond acceptors (Lipinski definition) is 7. The summed E-state index contributed by atoms with van der Waals surface area (Å²) in [6, 6.07) is 10.4. The number of carboxylic acid groups (broad SMARTS) is 1. The van der Waals surface area contributed by atoms with Crippen molar-refractivity contribution in [2.75, 3.05) is 36.4 Å². The van der Waals surface area contributed by atoms with Gasteiger partial charge in [0.2, 0.25) is 0 Å². The Hall–Kier alpha value is -2.97. The number of phenolic OH excluding ortho intramolecular Hbond substituents is 1. The van der Waals surface area contributed by atoms with Crippen LogP contribution in [0.3, 0.4) is 0 Å². The van der Waals surface area contributed by atoms with Crippen molar-refractivity contribution in [1.82, 2.24) is 10.2 Å². The largest absolute Gasteiger partial charge is 0.506 e. The van der Waals surface area contributed by atoms with Crippen LogP contribution in [0.15, 0.2) is 36.4 Å². The van der Waals surface area contributed by atoms with Gasteiger partial charge in [-0.2, -0.15) is 13.2 Å². The smallest absolute Gasteiger partial charge is 0.490 e. The summed E-state index contributed by atoms with van der Waals surface area (Å²) in [5, 5.41) is 34.9. The number of benzene rings is 2. The van der Waals surface area contributed by atoms with Crippen molar-refractivity contribution in [3.63, 3.8) is 0 Å². The second-order valence-electron chi connectivity index (χ2n) is 9.54. The highest BCUT2D eigenvalue weighted by Crippen LogP contribution is 2.37. The van der Waals surface area contributed by atoms with Crippen LogP contribution in [0.2, 0.25) is 10.0 Å². The summed E-state index contributed by atoms with van der Waals surface area (Å²) in [4.78, 5) is 24.6. The van der Waals surface area contributed by atoms with Crippen LogP contribution < -0.4 is 21.3 Å². The van der Waals surface area contributed by atoms with E-state index in [0.29, 0.717) is 30.5 Å². The predicted molar refractivity (Wildman–Crippen MR) is 145 cm³/mol. The number of carbonyl (C=O) groups is 2. The molecule has 2 aliphatic heterocycles. The van der Waals surface area contributed by atoms with Gasteiger partial charge in [0, 0.05) is 36.8 Å². The van der Waals surface area contributed by atoms with E-state index in [2.05, 4.69) is 27.7 Å². The summed E-state index contributed by atoms with van der Waals surface area (Å²) in [7, 11) is 0. The second-order valence-corrected chi connectivity index (χ2v) is 10.4. The van der Waals surface area contributed by atoms with Gasteiger partial charge in [-0.1, -0.05) is 35.3 Å². The first-order chi connectivity index (χ1) is 18.7. The maximum atomic E-state index is 11.4. The molecule has 2 amide bonds. The van der Waals surface area contributed by atoms with Gasteiger partial charge >= 0.3 is 18.2 Å². The van der Waals surface area contributed by atoms with Crippen molar-refractivity contribution in [2.24, 2.45) is 5.73 Å². The molecule has 0 unspecified atom stereocenters. The average Bonchev–Trinajstić information content (AvgIpc) is 3.23. The maximum absolute atomic E-state index is 11.4. The van der Waals surface area contributed by atoms with Gasteiger partial charge in [-0.3, -0.25) is 4.90 Å². The first kappa shape index (κ1) is 31.6. The summed E-state index contributed by atoms with van der Waals surface area (Å²) in [6.07, 6.45) is -3.68. The van der Waals surface area contributed by atoms with Gasteiger partial charge in [-0.25, -0.2) is 9.59 Å². The van der Waals surface area contributed by atoms with Crippen LogP contribution in [0.5, 0.6) is 5.75 Å². The third kappa shape index (κ3) is 9.03. The summed E-state index contributed by atoms with van der Waals surface area (Å²) < 4.78 is 31.7. The van der Waals surface area contributed by atoms with Crippen LogP contribution in [0, 0.1) is 0 Å². The fraction of sp³-hybridized carbons (Fsp3) is 0.440. The van der Waals surface area contributed by atoms with Gasteiger partial charge in [0.1, 0.15) is 5.75 Å². The highest BCUT2D eigenvalue weighted by molar-refractivity contribution is 6.32. The van der Waals surface area contributed by atoms with Gasteiger partial charge in [0.05, 0.1) is 28.5 Å². The molecule has 2 fully saturated rings. The highest BCUT2D eigenvalue weighted by atomic mass is 35.5. The Balaban J connectivity index is 0.000000559. The van der Waals surface area contributed by atoms with Crippen LogP contribution in [-0.2, 0) is 11.3 Å². The molecule has 2 aliphatic rings. The number of nitrogens with zero attached hydrogens (tertiary/aromatic N) is 2. The van der Waals surface area contributed by atoms with Crippen LogP contribution in [0.1, 0.15) is 18.4 Å². The number of alkyl halides is 3. The molecule has 0 aromatic heterocycles. The zero-order chi connectivity index (χ0) is 29.6. The molecule has 0 aliphatic carbocycles. The van der Waals surface area contributed by atoms with Crippen molar-refractivity contribution in [3.05, 3.63) is 52.0 Å². The molecule has 2 heterocycles. The Morgan fingerprint density at radius 2 is 1.68 bits per heavy atom. The van der Waals surface area contributed by atoms with Crippen LogP contribution in [0.25, 0.3) is 0 Å². The standard InChI is InChI=1S/C23H29Cl2N5O3.C2HF3O2/c24-15-3-1-14(2-4-15)11-29-7-5-16(6-8-29)27-19-12-30(13-22(19)32)20-10-21(31)17(25)9-18(20)28-23(26)33;3-2(4,5)1(6)7/h1-4,9-10,16,19,22,27,31-32H,5-8,11-13H2,(H3,26,28,33);(H,6,7)/t19-,22-;/m0./s1. The summed E-state index contributed by atoms with van der Waals surface area (Å²) in [5.41, 5.74) is 7.49. The van der Waals surface area contributed by atoms with E-state index in [1.807, 2.05) is 17.0 Å². The molecule has 2 aromatic carbocycles. The fourth-order valence-corrected chi connectivity index (χ4v) is 4.89. The normalized spacial score (nSPS) is 20.1. The molecule has 7 N–H and O–H groups in total. The van der Waals surface area contributed by atoms with Crippen molar-refractivity contribution in [1.29, 1.82) is 0 Å². The lowest BCUT2D eigenvalue weighted by Crippen LogP contribution is -2.49. The van der Waals surface area contributed by atoms with Gasteiger partial charge in [0.15, 0.2) is 0 Å². The molecule has 4 rings (SSSR count). The Labute approximate surface area is 238 Å². The molecule has 0 radical (unpaired) electrons. The number of likely N-dealkylation sites (tertiary alicyclic amines) is 1. The maximum Gasteiger partial charge on any atom is 0.490 e. The minimum Gasteiger partial charge on any atom is -0.506 e. The van der Waals surface area contributed by atoms with E-state index < -0.39 is 24.3 Å². The van der Waals surface area contributed by atoms with Crippen molar-refractivity contribution >= 4 is 46.6 Å². The molecule has 0 bridgehead atoms. The number of β-amino-alcohol motifs (C(OH)–C–C–N with tert-alkyl or cyclic N) is 1. The number of rotatable bonds is 6. The molecule has 40 heavy (non-hydrogen) atoms. The molecule has 0 saturated carbocycles. The Morgan fingerprint density at radius 1 is 1.07 bits per heavy atom. The van der Waals surface area contributed by atoms with Crippen LogP contribution in [0.4, 0.5) is 29.3 Å². The van der Waals surface area contributed by atoms with Gasteiger partial charge in [-0.05, 0) is 49.7 Å². The van der Waals surface area contributed by atoms with Crippen molar-refractivity contribution in [3.8, 4) is 5.75 Å². The average molecular weight is 608 g/mol. The number of nitrogens with two attached hydrogens (primary N) is 1. The molecule has 220 valence electrons. The lowest BCUT2D eigenvalue weighted by atomic mass is 10.0. The van der Waals surface area contributed by atoms with E-state index in [0.717, 1.165) is 37.5 Å². The zero-order valence-electron chi connectivity index (χ0n) is 21.2. The Bertz CT molecular complexity index is 1180. The molecule has 10 nitrogen and oxygen atoms in total. The lowest BCUT2D eigenvalue weighted by molar-refractivity contribution is -0.192. The van der Waals surface area contributed by atoms with Crippen molar-refractivity contribution in [2.45, 2.75) is 43.8 Å². The number of carboxylic acids is 1. The molecule has 2 aromatic rings. The van der Waals surface area contributed by atoms with Crippen molar-refractivity contribution < 1.29 is 38.1 Å². The number of phenols is 1. The predicted octanol–water partition coefficient (Wildman–Crippen LogP) is 3.63. The number of primary amides is 1. The second kappa shape index (κ2) is 13.6. The monoisotopic (exact) mass is 607 g/mol. The third-order valence-corrected chi connectivity index (χ3v) is 7.11. The van der Waals surface area contributed by atoms with Gasteiger partial charge < -0.3 is 36.6 Å². The number of nitrogens with one attached hydrogen (secondary N) is 2. The molecule has 2 atom stereocenters. The molecular weight excluding hydrogens is 578 g/mol. The SMILES string of the molecule is NC(=O)Nc1cc(Cl)c(O)cc1N1C[C@H](NC2CCN(Cc3ccc(Cl)cc3)CC2)[C@@H](O)C1.O=C(O)C(F)(F)F. The zero-order valence-corrected chi connectivity index (χ0v) is 22.7. The molecule has 2 saturated heterocycles. The van der Waals surface area contributed by atoms with Gasteiger partial charge in [-0.15, -0.1) is 0 Å². The summed E-state index contributed by atoms with van der Waals surface area (Å²) in [6.45, 7) is 3.75. The quantitative estimate of drug-likeness (QED) is 0.272. The number of piperidine rings is 1. The van der Waals surface area contributed by atoms with Crippen LogP contribution in [-0.4, -0.2) is 82.8 Å². The minimum atomic E-state index is -5.08. The number of aliphatic hydroxyl groups excluding tert-OH is 1. The number of anilines is 2. The number of amides is 2. The minimum absolute atomic E-state index is 0.0966. The first-order valence-electron chi connectivity index (χ1n) is 12.3. The molecular formula is C25H30Cl2F3N5O5. The van der Waals surface area contributed by atoms with E-state index in [-0.39, 0.29) is 16.8 Å². The van der Waals surface area contributed by atoms with E-state index in [1.54, 1.807) is 0 Å². The number of hydrogen-bond donors (Lipinski definition) is 6. The number of urea groups is 1. The van der Waals surface area contributed by atoms with Gasteiger partial charge in [0.25, 0.3) is 0 Å². The van der Waals surface area contributed by atoms with E-state index >= 15 is 0 Å². The Kier molecular flexibility index (Phi) is 10.7. The summed E-state index contributed by atoms with van der Waals surface area (Å²) >= 11 is 12.0. The molecule has 15 heteroatoms.